The predicted octanol–water partition coefficient (Wildman–Crippen LogP) is 5.08. The molecule has 0 rings (SSSR count). The molecule has 0 aromatic carbocycles. The molecule has 0 aliphatic carbocycles. The lowest BCUT2D eigenvalue weighted by atomic mass is 10.2. The molecule has 0 aromatic rings. The lowest BCUT2D eigenvalue weighted by Gasteiger charge is -2.36. The Morgan fingerprint density at radius 2 is 1.67 bits per heavy atom. The van der Waals surface area contributed by atoms with Crippen LogP contribution in [0.1, 0.15) is 59.3 Å². The second-order valence-electron chi connectivity index (χ2n) is 7.04. The van der Waals surface area contributed by atoms with E-state index in [1.165, 1.54) is 20.0 Å². The minimum Gasteiger partial charge on any atom is -0.469 e. The summed E-state index contributed by atoms with van der Waals surface area (Å²) in [5.41, 5.74) is 0. The van der Waals surface area contributed by atoms with E-state index in [1.807, 2.05) is 0 Å². The summed E-state index contributed by atoms with van der Waals surface area (Å²) in [6.45, 7) is 12.3. The Kier molecular flexibility index (Phi) is 9.87. The van der Waals surface area contributed by atoms with E-state index in [2.05, 4.69) is 50.8 Å². The van der Waals surface area contributed by atoms with Crippen molar-refractivity contribution in [3.63, 3.8) is 0 Å². The third-order valence-electron chi connectivity index (χ3n) is 4.19. The molecule has 0 radical (unpaired) electrons. The highest BCUT2D eigenvalue weighted by atomic mass is 28.4. The van der Waals surface area contributed by atoms with Crippen LogP contribution in [0.5, 0.6) is 0 Å². The molecule has 21 heavy (non-hydrogen) atoms. The maximum absolute atomic E-state index is 10.9. The Morgan fingerprint density at radius 3 is 2.24 bits per heavy atom. The van der Waals surface area contributed by atoms with Crippen LogP contribution in [0, 0.1) is 0 Å². The van der Waals surface area contributed by atoms with Gasteiger partial charge >= 0.3 is 5.97 Å². The van der Waals surface area contributed by atoms with E-state index >= 15 is 0 Å². The molecule has 124 valence electrons. The van der Waals surface area contributed by atoms with Crippen LogP contribution in [0.3, 0.4) is 0 Å². The maximum Gasteiger partial charge on any atom is 0.305 e. The van der Waals surface area contributed by atoms with Gasteiger partial charge < -0.3 is 9.16 Å². The van der Waals surface area contributed by atoms with Gasteiger partial charge in [-0.2, -0.15) is 0 Å². The van der Waals surface area contributed by atoms with Crippen molar-refractivity contribution >= 4 is 14.3 Å². The van der Waals surface area contributed by atoms with Crippen molar-refractivity contribution in [2.75, 3.05) is 13.7 Å². The molecule has 0 heterocycles. The van der Waals surface area contributed by atoms with Crippen LogP contribution in [0.25, 0.3) is 0 Å². The number of hydrogen-bond acceptors (Lipinski definition) is 3. The minimum atomic E-state index is -1.56. The Balaban J connectivity index is 3.53. The van der Waals surface area contributed by atoms with E-state index < -0.39 is 8.32 Å². The highest BCUT2D eigenvalue weighted by Crippen LogP contribution is 2.36. The Hall–Kier alpha value is -0.613. The number of carbonyl (C=O) groups is 1. The lowest BCUT2D eigenvalue weighted by molar-refractivity contribution is -0.140. The van der Waals surface area contributed by atoms with Crippen LogP contribution in [-0.2, 0) is 14.0 Å². The molecule has 0 aliphatic heterocycles. The standard InChI is InChI=1S/C17H34O3Si/c1-17(2,3)21(5,6)20-15-13-11-9-7-8-10-12-14-16(18)19-4/h8,10H,7,9,11-15H2,1-6H3/b10-8+. The number of ether oxygens (including phenoxy) is 1. The van der Waals surface area contributed by atoms with Crippen LogP contribution < -0.4 is 0 Å². The summed E-state index contributed by atoms with van der Waals surface area (Å²) in [4.78, 5) is 10.9. The summed E-state index contributed by atoms with van der Waals surface area (Å²) in [6.07, 6.45) is 10.1. The van der Waals surface area contributed by atoms with Gasteiger partial charge in [-0.05, 0) is 43.8 Å². The number of hydrogen-bond donors (Lipinski definition) is 0. The van der Waals surface area contributed by atoms with Crippen molar-refractivity contribution in [1.29, 1.82) is 0 Å². The zero-order valence-corrected chi connectivity index (χ0v) is 15.8. The SMILES string of the molecule is COC(=O)CC/C=C/CCCCCO[Si](C)(C)C(C)(C)C. The first-order valence-corrected chi connectivity index (χ1v) is 11.0. The van der Waals surface area contributed by atoms with Gasteiger partial charge in [-0.15, -0.1) is 0 Å². The second-order valence-corrected chi connectivity index (χ2v) is 11.9. The molecule has 0 fully saturated rings. The predicted molar refractivity (Wildman–Crippen MR) is 92.0 cm³/mol. The summed E-state index contributed by atoms with van der Waals surface area (Å²) in [5, 5.41) is 0.301. The molecule has 4 heteroatoms. The molecule has 0 aliphatic rings. The number of esters is 1. The largest absolute Gasteiger partial charge is 0.469 e. The summed E-state index contributed by atoms with van der Waals surface area (Å²) in [6, 6.07) is 0. The summed E-state index contributed by atoms with van der Waals surface area (Å²) < 4.78 is 10.7. The van der Waals surface area contributed by atoms with Crippen LogP contribution >= 0.6 is 0 Å². The molecule has 0 atom stereocenters. The fourth-order valence-corrected chi connectivity index (χ4v) is 2.71. The zero-order chi connectivity index (χ0) is 16.4. The average Bonchev–Trinajstić information content (AvgIpc) is 2.39. The van der Waals surface area contributed by atoms with Crippen molar-refractivity contribution in [2.24, 2.45) is 0 Å². The monoisotopic (exact) mass is 314 g/mol. The third kappa shape index (κ3) is 9.85. The molecule has 0 amide bonds. The molecule has 0 N–H and O–H groups in total. The van der Waals surface area contributed by atoms with Crippen LogP contribution in [0.2, 0.25) is 18.1 Å². The van der Waals surface area contributed by atoms with Crippen molar-refractivity contribution in [3.8, 4) is 0 Å². The molecule has 0 spiro atoms. The Morgan fingerprint density at radius 1 is 1.05 bits per heavy atom. The fraction of sp³-hybridized carbons (Fsp3) is 0.824. The van der Waals surface area contributed by atoms with E-state index in [9.17, 15) is 4.79 Å². The third-order valence-corrected chi connectivity index (χ3v) is 8.73. The summed E-state index contributed by atoms with van der Waals surface area (Å²) >= 11 is 0. The van der Waals surface area contributed by atoms with Gasteiger partial charge in [0.05, 0.1) is 7.11 Å². The van der Waals surface area contributed by atoms with Crippen LogP contribution in [0.15, 0.2) is 12.2 Å². The van der Waals surface area contributed by atoms with Crippen LogP contribution in [0.4, 0.5) is 0 Å². The van der Waals surface area contributed by atoms with Gasteiger partial charge in [-0.1, -0.05) is 39.3 Å². The van der Waals surface area contributed by atoms with E-state index in [-0.39, 0.29) is 5.97 Å². The first-order chi connectivity index (χ1) is 9.70. The number of unbranched alkanes of at least 4 members (excludes halogenated alkanes) is 3. The number of carbonyl (C=O) groups excluding carboxylic acids is 1. The molecule has 0 bridgehead atoms. The molecule has 0 unspecified atom stereocenters. The number of methoxy groups -OCH3 is 1. The van der Waals surface area contributed by atoms with Gasteiger partial charge in [0.15, 0.2) is 8.32 Å². The average molecular weight is 315 g/mol. The highest BCUT2D eigenvalue weighted by molar-refractivity contribution is 6.74. The van der Waals surface area contributed by atoms with Crippen molar-refractivity contribution in [1.82, 2.24) is 0 Å². The van der Waals surface area contributed by atoms with Crippen molar-refractivity contribution < 1.29 is 14.0 Å². The van der Waals surface area contributed by atoms with Crippen LogP contribution in [-0.4, -0.2) is 28.0 Å². The second kappa shape index (κ2) is 10.2. The topological polar surface area (TPSA) is 35.5 Å². The zero-order valence-electron chi connectivity index (χ0n) is 14.8. The molecule has 3 nitrogen and oxygen atoms in total. The Bertz CT molecular complexity index is 316. The molecular formula is C17H34O3Si. The lowest BCUT2D eigenvalue weighted by Crippen LogP contribution is -2.40. The molecular weight excluding hydrogens is 280 g/mol. The quantitative estimate of drug-likeness (QED) is 0.244. The van der Waals surface area contributed by atoms with E-state index in [0.29, 0.717) is 11.5 Å². The van der Waals surface area contributed by atoms with Gasteiger partial charge in [0.1, 0.15) is 0 Å². The normalized spacial score (nSPS) is 12.9. The van der Waals surface area contributed by atoms with E-state index in [0.717, 1.165) is 25.9 Å². The fourth-order valence-electron chi connectivity index (χ4n) is 1.62. The Labute approximate surface area is 132 Å². The van der Waals surface area contributed by atoms with Crippen molar-refractivity contribution in [2.45, 2.75) is 77.4 Å². The summed E-state index contributed by atoms with van der Waals surface area (Å²) in [7, 11) is -0.135. The van der Waals surface area contributed by atoms with E-state index in [1.54, 1.807) is 0 Å². The van der Waals surface area contributed by atoms with Crippen molar-refractivity contribution in [3.05, 3.63) is 12.2 Å². The maximum atomic E-state index is 10.9. The number of rotatable bonds is 10. The number of allylic oxidation sites excluding steroid dienone is 2. The highest BCUT2D eigenvalue weighted by Gasteiger charge is 2.36. The molecule has 0 aromatic heterocycles. The smallest absolute Gasteiger partial charge is 0.305 e. The first-order valence-electron chi connectivity index (χ1n) is 8.06. The summed E-state index contributed by atoms with van der Waals surface area (Å²) in [5.74, 6) is -0.137. The molecule has 0 saturated heterocycles. The van der Waals surface area contributed by atoms with Gasteiger partial charge in [0.2, 0.25) is 0 Å². The van der Waals surface area contributed by atoms with Gasteiger partial charge in [-0.3, -0.25) is 4.79 Å². The van der Waals surface area contributed by atoms with Gasteiger partial charge in [-0.25, -0.2) is 0 Å². The minimum absolute atomic E-state index is 0.137. The van der Waals surface area contributed by atoms with Gasteiger partial charge in [0.25, 0.3) is 0 Å². The first kappa shape index (κ1) is 20.4. The molecule has 0 saturated carbocycles. The van der Waals surface area contributed by atoms with Gasteiger partial charge in [0, 0.05) is 13.0 Å². The van der Waals surface area contributed by atoms with E-state index in [4.69, 9.17) is 4.43 Å².